The van der Waals surface area contributed by atoms with Crippen LogP contribution in [0.2, 0.25) is 0 Å². The highest BCUT2D eigenvalue weighted by molar-refractivity contribution is 8.01. The van der Waals surface area contributed by atoms with E-state index in [1.807, 2.05) is 12.1 Å². The van der Waals surface area contributed by atoms with Gasteiger partial charge < -0.3 is 4.74 Å². The zero-order chi connectivity index (χ0) is 16.7. The quantitative estimate of drug-likeness (QED) is 0.814. The lowest BCUT2D eigenvalue weighted by atomic mass is 9.95. The lowest BCUT2D eigenvalue weighted by molar-refractivity contribution is -0.0521. The van der Waals surface area contributed by atoms with Gasteiger partial charge in [-0.3, -0.25) is 4.98 Å². The highest BCUT2D eigenvalue weighted by atomic mass is 32.2. The highest BCUT2D eigenvalue weighted by Crippen LogP contribution is 2.48. The third kappa shape index (κ3) is 3.35. The monoisotopic (exact) mass is 368 g/mol. The Hall–Kier alpha value is -0.840. The summed E-state index contributed by atoms with van der Waals surface area (Å²) >= 11 is 1.49. The van der Waals surface area contributed by atoms with Crippen molar-refractivity contribution in [3.63, 3.8) is 0 Å². The number of nitrogens with zero attached hydrogens (tertiary/aromatic N) is 2. The van der Waals surface area contributed by atoms with Crippen LogP contribution in [0, 0.1) is 0 Å². The molecule has 0 aliphatic carbocycles. The van der Waals surface area contributed by atoms with Crippen LogP contribution in [0.15, 0.2) is 24.4 Å². The fourth-order valence-electron chi connectivity index (χ4n) is 2.73. The number of hydrogen-bond acceptors (Lipinski definition) is 5. The van der Waals surface area contributed by atoms with Crippen molar-refractivity contribution in [1.82, 2.24) is 9.29 Å². The van der Waals surface area contributed by atoms with E-state index in [4.69, 9.17) is 4.74 Å². The molecule has 2 aliphatic heterocycles. The van der Waals surface area contributed by atoms with Crippen LogP contribution in [0.1, 0.15) is 12.1 Å². The summed E-state index contributed by atoms with van der Waals surface area (Å²) in [6.45, 7) is 0.124. The Bertz CT molecular complexity index is 661. The number of alkyl halides is 3. The molecule has 0 saturated carbocycles. The van der Waals surface area contributed by atoms with Crippen molar-refractivity contribution in [1.29, 1.82) is 0 Å². The van der Waals surface area contributed by atoms with Crippen molar-refractivity contribution in [2.24, 2.45) is 0 Å². The van der Waals surface area contributed by atoms with Crippen molar-refractivity contribution in [2.75, 3.05) is 18.8 Å². The average Bonchev–Trinajstić information content (AvgIpc) is 2.88. The molecule has 128 valence electrons. The molecule has 5 nitrogen and oxygen atoms in total. The second-order valence-corrected chi connectivity index (χ2v) is 9.09. The summed E-state index contributed by atoms with van der Waals surface area (Å²) in [7, 11) is -5.21. The zero-order valence-electron chi connectivity index (χ0n) is 12.0. The average molecular weight is 368 g/mol. The van der Waals surface area contributed by atoms with E-state index in [0.29, 0.717) is 23.1 Å². The van der Waals surface area contributed by atoms with Crippen LogP contribution < -0.4 is 0 Å². The summed E-state index contributed by atoms with van der Waals surface area (Å²) in [6.07, 6.45) is 2.11. The van der Waals surface area contributed by atoms with E-state index in [1.165, 1.54) is 11.8 Å². The van der Waals surface area contributed by atoms with E-state index in [0.717, 1.165) is 5.69 Å². The van der Waals surface area contributed by atoms with E-state index in [-0.39, 0.29) is 19.2 Å². The Balaban J connectivity index is 1.52. The van der Waals surface area contributed by atoms with Crippen molar-refractivity contribution in [3.8, 4) is 0 Å². The maximum absolute atomic E-state index is 12.5. The molecule has 2 fully saturated rings. The van der Waals surface area contributed by atoms with Gasteiger partial charge in [0.2, 0.25) is 0 Å². The van der Waals surface area contributed by atoms with Crippen molar-refractivity contribution < 1.29 is 26.3 Å². The van der Waals surface area contributed by atoms with Crippen molar-refractivity contribution in [3.05, 3.63) is 30.1 Å². The Morgan fingerprint density at radius 2 is 2.13 bits per heavy atom. The first-order chi connectivity index (χ1) is 10.7. The molecule has 10 heteroatoms. The highest BCUT2D eigenvalue weighted by Gasteiger charge is 2.59. The van der Waals surface area contributed by atoms with Gasteiger partial charge in [0.05, 0.1) is 18.4 Å². The first-order valence-electron chi connectivity index (χ1n) is 6.94. The topological polar surface area (TPSA) is 59.5 Å². The van der Waals surface area contributed by atoms with E-state index < -0.39 is 20.3 Å². The summed E-state index contributed by atoms with van der Waals surface area (Å²) in [6, 6.07) is 5.48. The second-order valence-electron chi connectivity index (χ2n) is 5.67. The molecule has 0 aromatic carbocycles. The molecule has 3 heterocycles. The zero-order valence-corrected chi connectivity index (χ0v) is 13.6. The minimum absolute atomic E-state index is 0.0993. The molecule has 0 N–H and O–H groups in total. The third-order valence-corrected chi connectivity index (χ3v) is 7.03. The van der Waals surface area contributed by atoms with Crippen molar-refractivity contribution in [2.45, 2.75) is 29.4 Å². The first-order valence-corrected chi connectivity index (χ1v) is 9.36. The number of thioether (sulfide) groups is 1. The van der Waals surface area contributed by atoms with Crippen LogP contribution in [0.4, 0.5) is 13.2 Å². The molecule has 0 bridgehead atoms. The van der Waals surface area contributed by atoms with E-state index in [2.05, 4.69) is 4.98 Å². The molecule has 2 saturated heterocycles. The Labute approximate surface area is 136 Å². The molecule has 23 heavy (non-hydrogen) atoms. The minimum atomic E-state index is -5.23. The van der Waals surface area contributed by atoms with Crippen molar-refractivity contribution >= 4 is 21.8 Å². The molecule has 1 spiro atoms. The molecule has 1 aromatic rings. The van der Waals surface area contributed by atoms with Crippen LogP contribution in [0.25, 0.3) is 0 Å². The maximum Gasteiger partial charge on any atom is 0.511 e. The molecule has 0 radical (unpaired) electrons. The molecular formula is C13H15F3N2O3S2. The number of halogens is 3. The van der Waals surface area contributed by atoms with E-state index >= 15 is 0 Å². The van der Waals surface area contributed by atoms with Crippen LogP contribution in [-0.4, -0.2) is 52.9 Å². The Morgan fingerprint density at radius 3 is 2.74 bits per heavy atom. The van der Waals surface area contributed by atoms with Gasteiger partial charge in [0, 0.05) is 29.8 Å². The number of pyridine rings is 1. The molecule has 3 rings (SSSR count). The molecule has 0 amide bonds. The van der Waals surface area contributed by atoms with Crippen LogP contribution in [-0.2, 0) is 21.4 Å². The Kier molecular flexibility index (Phi) is 4.36. The summed E-state index contributed by atoms with van der Waals surface area (Å²) in [5.41, 5.74) is -4.44. The lowest BCUT2D eigenvalue weighted by Gasteiger charge is -2.46. The Morgan fingerprint density at radius 1 is 1.39 bits per heavy atom. The maximum atomic E-state index is 12.5. The molecular weight excluding hydrogens is 353 g/mol. The van der Waals surface area contributed by atoms with Crippen LogP contribution in [0.3, 0.4) is 0 Å². The second kappa shape index (κ2) is 5.91. The van der Waals surface area contributed by atoms with Gasteiger partial charge in [0.25, 0.3) is 0 Å². The van der Waals surface area contributed by atoms with Gasteiger partial charge in [-0.15, -0.1) is 11.8 Å². The standard InChI is InChI=1S/C13H15F3N2O3S2/c14-13(15,16)23(19,20)18-8-12(9-18)5-11(7-22-12)21-6-10-3-1-2-4-17-10/h1-4,11H,5-9H2/t11-/m1/s1. The van der Waals surface area contributed by atoms with Gasteiger partial charge in [-0.25, -0.2) is 8.42 Å². The third-order valence-electron chi connectivity index (χ3n) is 3.93. The summed E-state index contributed by atoms with van der Waals surface area (Å²) in [5, 5.41) is 0. The molecule has 1 aromatic heterocycles. The van der Waals surface area contributed by atoms with E-state index in [1.54, 1.807) is 12.3 Å². The first kappa shape index (κ1) is 17.0. The summed E-state index contributed by atoms with van der Waals surface area (Å²) in [5.74, 6) is 0.646. The molecule has 2 aliphatic rings. The number of hydrogen-bond donors (Lipinski definition) is 0. The van der Waals surface area contributed by atoms with E-state index in [9.17, 15) is 21.6 Å². The fourth-order valence-corrected chi connectivity index (χ4v) is 5.57. The van der Waals surface area contributed by atoms with Gasteiger partial charge in [-0.05, 0) is 18.6 Å². The van der Waals surface area contributed by atoms with Gasteiger partial charge >= 0.3 is 15.5 Å². The number of ether oxygens (including phenoxy) is 1. The van der Waals surface area contributed by atoms with Crippen LogP contribution in [0.5, 0.6) is 0 Å². The predicted octanol–water partition coefficient (Wildman–Crippen LogP) is 2.01. The summed E-state index contributed by atoms with van der Waals surface area (Å²) < 4.78 is 65.9. The number of sulfonamides is 1. The normalized spacial score (nSPS) is 24.7. The van der Waals surface area contributed by atoms with Gasteiger partial charge in [-0.2, -0.15) is 17.5 Å². The predicted molar refractivity (Wildman–Crippen MR) is 79.2 cm³/mol. The minimum Gasteiger partial charge on any atom is -0.371 e. The molecule has 1 atom stereocenters. The van der Waals surface area contributed by atoms with Gasteiger partial charge in [0.1, 0.15) is 0 Å². The molecule has 0 unspecified atom stereocenters. The largest absolute Gasteiger partial charge is 0.511 e. The SMILES string of the molecule is O=S(=O)(N1CC2(C[C@@H](OCc3ccccn3)CS2)C1)C(F)(F)F. The lowest BCUT2D eigenvalue weighted by Crippen LogP contribution is -2.62. The van der Waals surface area contributed by atoms with Gasteiger partial charge in [-0.1, -0.05) is 6.07 Å². The van der Waals surface area contributed by atoms with Gasteiger partial charge in [0.15, 0.2) is 0 Å². The van der Waals surface area contributed by atoms with Crippen LogP contribution >= 0.6 is 11.8 Å². The number of rotatable bonds is 4. The fraction of sp³-hybridized carbons (Fsp3) is 0.615. The number of aromatic nitrogens is 1. The smallest absolute Gasteiger partial charge is 0.371 e. The summed E-state index contributed by atoms with van der Waals surface area (Å²) in [4.78, 5) is 4.14.